The molecule has 0 spiro atoms. The topological polar surface area (TPSA) is 165 Å². The van der Waals surface area contributed by atoms with Crippen LogP contribution in [0.5, 0.6) is 0 Å². The first-order valence-corrected chi connectivity index (χ1v) is 51.0. The first-order valence-electron chi connectivity index (χ1n) is 36.5. The SMILES string of the molecule is C=CC[C@@H]1O[C@@H]([C@H](/C=C/C(O)CCC2CC(=C)C(CC[C@H]3C[C@@H](C)C(=C)[C@@H](C[C@@H]4OC(CC(CO[Si](C)(C)C(C)(C)C)O[Si](C)(C)C(C)(C)C)[C@H](OC)C4CC(=O)OC)O3)O2)O[Si](C)(C)C(C)(C)C)C(O[Si](C)(C)C(C)(C)C)C(O[Si](C)(C)C(C)(C)C)[C@H]1OC(=O)c1ccccc1. The summed E-state index contributed by atoms with van der Waals surface area (Å²) in [4.78, 5) is 27.5. The van der Waals surface area contributed by atoms with Gasteiger partial charge in [0.1, 0.15) is 24.4 Å². The van der Waals surface area contributed by atoms with E-state index in [0.717, 1.165) is 30.4 Å². The fourth-order valence-electron chi connectivity index (χ4n) is 12.3. The second-order valence-electron chi connectivity index (χ2n) is 36.5. The first kappa shape index (κ1) is 85.4. The highest BCUT2D eigenvalue weighted by Gasteiger charge is 2.58. The first-order chi connectivity index (χ1) is 44.3. The van der Waals surface area contributed by atoms with E-state index in [1.807, 2.05) is 36.4 Å². The van der Waals surface area contributed by atoms with Crippen molar-refractivity contribution in [1.29, 1.82) is 0 Å². The second kappa shape index (κ2) is 33.7. The minimum Gasteiger partial charge on any atom is -0.469 e. The molecule has 1 aromatic rings. The summed E-state index contributed by atoms with van der Waals surface area (Å²) in [5.41, 5.74) is 2.51. The number of methoxy groups -OCH3 is 2. The molecule has 556 valence electrons. The van der Waals surface area contributed by atoms with Gasteiger partial charge >= 0.3 is 11.9 Å². The molecule has 0 bridgehead atoms. The highest BCUT2D eigenvalue weighted by Crippen LogP contribution is 2.49. The molecule has 4 saturated heterocycles. The third-order valence-electron chi connectivity index (χ3n) is 23.9. The van der Waals surface area contributed by atoms with Crippen molar-refractivity contribution in [2.24, 2.45) is 11.8 Å². The van der Waals surface area contributed by atoms with Gasteiger partial charge in [0.2, 0.25) is 0 Å². The van der Waals surface area contributed by atoms with E-state index in [1.165, 1.54) is 7.11 Å². The zero-order valence-corrected chi connectivity index (χ0v) is 71.0. The summed E-state index contributed by atoms with van der Waals surface area (Å²) >= 11 is 0. The molecule has 1 aromatic carbocycles. The minimum atomic E-state index is -2.65. The van der Waals surface area contributed by atoms with E-state index in [2.05, 4.69) is 196 Å². The fourth-order valence-corrected chi connectivity index (χ4v) is 18.5. The van der Waals surface area contributed by atoms with Crippen LogP contribution >= 0.6 is 0 Å². The molecule has 8 unspecified atom stereocenters. The number of aliphatic hydroxyl groups excluding tert-OH is 1. The summed E-state index contributed by atoms with van der Waals surface area (Å²) in [6.07, 6.45) is 4.17. The van der Waals surface area contributed by atoms with Gasteiger partial charge in [0.05, 0.1) is 86.7 Å². The number of rotatable bonds is 31. The second-order valence-corrected chi connectivity index (χ2v) is 60.3. The molecular weight excluding hydrogens is 1310 g/mol. The van der Waals surface area contributed by atoms with Crippen molar-refractivity contribution in [2.45, 2.75) is 357 Å². The van der Waals surface area contributed by atoms with Crippen LogP contribution < -0.4 is 0 Å². The number of carbonyl (C=O) groups excluding carboxylic acids is 2. The molecule has 17 atom stereocenters. The Balaban J connectivity index is 1.36. The Labute approximate surface area is 595 Å². The molecule has 4 aliphatic rings. The maximum absolute atomic E-state index is 14.3. The van der Waals surface area contributed by atoms with Crippen LogP contribution in [0.25, 0.3) is 0 Å². The molecule has 0 saturated carbocycles. The van der Waals surface area contributed by atoms with Crippen molar-refractivity contribution < 1.29 is 70.0 Å². The highest BCUT2D eigenvalue weighted by atomic mass is 28.4. The number of hydrogen-bond donors (Lipinski definition) is 1. The highest BCUT2D eigenvalue weighted by molar-refractivity contribution is 6.76. The third-order valence-corrected chi connectivity index (χ3v) is 46.4. The third kappa shape index (κ3) is 22.6. The molecule has 0 amide bonds. The number of hydrogen-bond acceptors (Lipinski definition) is 15. The summed E-state index contributed by atoms with van der Waals surface area (Å²) in [7, 11) is -9.10. The maximum atomic E-state index is 14.3. The Bertz CT molecular complexity index is 2750. The lowest BCUT2D eigenvalue weighted by Crippen LogP contribution is -2.68. The van der Waals surface area contributed by atoms with Gasteiger partial charge in [0.15, 0.2) is 47.7 Å². The van der Waals surface area contributed by atoms with Crippen LogP contribution in [0.2, 0.25) is 90.7 Å². The van der Waals surface area contributed by atoms with Crippen molar-refractivity contribution in [2.75, 3.05) is 20.8 Å². The number of carbonyl (C=O) groups is 2. The zero-order valence-electron chi connectivity index (χ0n) is 66.0. The number of aliphatic hydroxyl groups is 1. The number of ether oxygens (including phenoxy) is 7. The largest absolute Gasteiger partial charge is 0.469 e. The average molecular weight is 1440 g/mol. The van der Waals surface area contributed by atoms with Crippen molar-refractivity contribution in [3.05, 3.63) is 85.0 Å². The predicted molar refractivity (Wildman–Crippen MR) is 407 cm³/mol. The van der Waals surface area contributed by atoms with E-state index in [9.17, 15) is 14.7 Å². The summed E-state index contributed by atoms with van der Waals surface area (Å²) < 4.78 is 83.4. The van der Waals surface area contributed by atoms with Gasteiger partial charge in [0.25, 0.3) is 0 Å². The molecule has 15 nitrogen and oxygen atoms in total. The van der Waals surface area contributed by atoms with Gasteiger partial charge in [-0.25, -0.2) is 4.79 Å². The van der Waals surface area contributed by atoms with Gasteiger partial charge in [-0.3, -0.25) is 4.79 Å². The van der Waals surface area contributed by atoms with E-state index < -0.39 is 90.3 Å². The van der Waals surface area contributed by atoms with E-state index in [4.69, 9.17) is 55.3 Å². The maximum Gasteiger partial charge on any atom is 0.338 e. The standard InChI is InChI=1S/C77H138O15Si5/c1-32-36-61-68(88-72(80)54-37-34-33-35-38-54)70(91-96(28,29)76(14,15)16)71(92-97(30,31)77(17,18)19)69(87-61)62(90-95(26,27)75(11,12)13)43-40-55(78)39-41-56-46-52(3)60(84-56)44-42-57-45-51(2)53(4)63(85-57)49-64-59(48-66(79)81-20)67(82-21)65(86-64)47-58(89-94(24,25)74(8,9)10)50-83-93(22,23)73(5,6)7/h32-35,37-38,40,43,51,55-65,67-71,78H,1,3-4,36,39,41-42,44-50H2,2,5-31H3/b43-40+/t51-,55?,56?,57+,58?,59?,60?,61+,62+,63-,64+,65?,67-,68+,69+,70?,71?/m1/s1. The lowest BCUT2D eigenvalue weighted by Gasteiger charge is -2.54. The smallest absolute Gasteiger partial charge is 0.338 e. The average Bonchev–Trinajstić information content (AvgIpc) is 1.13. The molecule has 4 fully saturated rings. The van der Waals surface area contributed by atoms with Crippen molar-refractivity contribution in [1.82, 2.24) is 0 Å². The van der Waals surface area contributed by atoms with Gasteiger partial charge in [0, 0.05) is 25.9 Å². The van der Waals surface area contributed by atoms with Crippen LogP contribution in [0.4, 0.5) is 0 Å². The normalized spacial score (nSPS) is 28.8. The van der Waals surface area contributed by atoms with Crippen LogP contribution in [0.1, 0.15) is 185 Å². The van der Waals surface area contributed by atoms with Crippen LogP contribution in [0.15, 0.2) is 79.4 Å². The summed E-state index contributed by atoms with van der Waals surface area (Å²) in [6, 6.07) is 9.08. The molecule has 0 aromatic heterocycles. The van der Waals surface area contributed by atoms with Crippen molar-refractivity contribution in [3.8, 4) is 0 Å². The summed E-state index contributed by atoms with van der Waals surface area (Å²) in [5, 5.41) is 11.5. The molecular formula is C77H138O15Si5. The molecule has 4 heterocycles. The lowest BCUT2D eigenvalue weighted by molar-refractivity contribution is -0.227. The Hall–Kier alpha value is -2.24. The number of benzene rings is 1. The van der Waals surface area contributed by atoms with Gasteiger partial charge in [-0.2, -0.15) is 0 Å². The Kier molecular flexibility index (Phi) is 29.7. The molecule has 0 radical (unpaired) electrons. The van der Waals surface area contributed by atoms with Crippen molar-refractivity contribution >= 4 is 53.5 Å². The van der Waals surface area contributed by atoms with Crippen LogP contribution in [-0.4, -0.2) is 171 Å². The van der Waals surface area contributed by atoms with Gasteiger partial charge < -0.3 is 60.4 Å². The lowest BCUT2D eigenvalue weighted by atomic mass is 9.82. The fraction of sp³-hybridized carbons (Fsp3) is 0.792. The summed E-state index contributed by atoms with van der Waals surface area (Å²) in [5.74, 6) is -0.855. The Morgan fingerprint density at radius 2 is 1.18 bits per heavy atom. The van der Waals surface area contributed by atoms with Gasteiger partial charge in [-0.1, -0.05) is 160 Å². The number of esters is 2. The van der Waals surface area contributed by atoms with E-state index in [0.29, 0.717) is 50.7 Å². The van der Waals surface area contributed by atoms with Crippen LogP contribution in [0, 0.1) is 11.8 Å². The van der Waals surface area contributed by atoms with Gasteiger partial charge in [-0.05, 0) is 165 Å². The Morgan fingerprint density at radius 3 is 1.71 bits per heavy atom. The van der Waals surface area contributed by atoms with E-state index >= 15 is 0 Å². The van der Waals surface area contributed by atoms with Crippen LogP contribution in [-0.2, 0) is 60.1 Å². The zero-order chi connectivity index (χ0) is 73.6. The Morgan fingerprint density at radius 1 is 0.629 bits per heavy atom. The summed E-state index contributed by atoms with van der Waals surface area (Å²) in [6.45, 7) is 72.0. The molecule has 1 N–H and O–H groups in total. The molecule has 20 heteroatoms. The van der Waals surface area contributed by atoms with E-state index in [1.54, 1.807) is 19.2 Å². The van der Waals surface area contributed by atoms with Crippen molar-refractivity contribution in [3.63, 3.8) is 0 Å². The molecule has 0 aliphatic carbocycles. The molecule has 97 heavy (non-hydrogen) atoms. The molecule has 5 rings (SSSR count). The predicted octanol–water partition coefficient (Wildman–Crippen LogP) is 18.4. The minimum absolute atomic E-state index is 0.0189. The molecule has 4 aliphatic heterocycles. The van der Waals surface area contributed by atoms with Crippen LogP contribution in [0.3, 0.4) is 0 Å². The van der Waals surface area contributed by atoms with E-state index in [-0.39, 0.29) is 98.2 Å². The quantitative estimate of drug-likeness (QED) is 0.0424. The monoisotopic (exact) mass is 1440 g/mol. The van der Waals surface area contributed by atoms with Gasteiger partial charge in [-0.15, -0.1) is 6.58 Å².